The number of hydrogen-bond acceptors (Lipinski definition) is 5. The molecule has 23 heavy (non-hydrogen) atoms. The van der Waals surface area contributed by atoms with Crippen molar-refractivity contribution in [2.45, 2.75) is 13.5 Å². The van der Waals surface area contributed by atoms with Crippen LogP contribution in [0.1, 0.15) is 11.4 Å². The molecular formula is C17H16FN5. The minimum atomic E-state index is -0.296. The lowest BCUT2D eigenvalue weighted by Gasteiger charge is -2.10. The van der Waals surface area contributed by atoms with Gasteiger partial charge in [0.05, 0.1) is 0 Å². The van der Waals surface area contributed by atoms with Gasteiger partial charge in [-0.3, -0.25) is 4.98 Å². The van der Waals surface area contributed by atoms with E-state index in [1.165, 1.54) is 12.1 Å². The number of halogens is 1. The first-order valence-corrected chi connectivity index (χ1v) is 7.20. The largest absolute Gasteiger partial charge is 0.366 e. The lowest BCUT2D eigenvalue weighted by Crippen LogP contribution is -2.05. The molecule has 0 saturated heterocycles. The molecule has 2 heterocycles. The molecule has 0 aliphatic heterocycles. The van der Waals surface area contributed by atoms with Crippen LogP contribution < -0.4 is 10.6 Å². The maximum absolute atomic E-state index is 13.2. The highest BCUT2D eigenvalue weighted by Crippen LogP contribution is 2.18. The fraction of sp³-hybridized carbons (Fsp3) is 0.118. The summed E-state index contributed by atoms with van der Waals surface area (Å²) in [6.45, 7) is 2.43. The molecule has 0 radical (unpaired) electrons. The van der Waals surface area contributed by atoms with E-state index in [4.69, 9.17) is 0 Å². The van der Waals surface area contributed by atoms with Gasteiger partial charge in [0.15, 0.2) is 0 Å². The predicted molar refractivity (Wildman–Crippen MR) is 88.0 cm³/mol. The summed E-state index contributed by atoms with van der Waals surface area (Å²) in [5, 5.41) is 6.31. The summed E-state index contributed by atoms with van der Waals surface area (Å²) < 4.78 is 13.2. The molecule has 2 N–H and O–H groups in total. The third-order valence-corrected chi connectivity index (χ3v) is 3.13. The van der Waals surface area contributed by atoms with Crippen LogP contribution in [0.25, 0.3) is 0 Å². The van der Waals surface area contributed by atoms with E-state index in [2.05, 4.69) is 25.6 Å². The molecule has 1 aromatic carbocycles. The molecule has 0 bridgehead atoms. The molecule has 3 rings (SSSR count). The van der Waals surface area contributed by atoms with Crippen molar-refractivity contribution in [3.05, 3.63) is 72.1 Å². The Hall–Kier alpha value is -3.02. The topological polar surface area (TPSA) is 62.7 Å². The van der Waals surface area contributed by atoms with E-state index < -0.39 is 0 Å². The number of benzene rings is 1. The molecule has 6 heteroatoms. The lowest BCUT2D eigenvalue weighted by molar-refractivity contribution is 0.628. The van der Waals surface area contributed by atoms with E-state index in [-0.39, 0.29) is 5.82 Å². The SMILES string of the molecule is Cc1nc(NCc2cccnc2)cc(Nc2cccc(F)c2)n1. The third-order valence-electron chi connectivity index (χ3n) is 3.13. The Morgan fingerprint density at radius 3 is 2.70 bits per heavy atom. The van der Waals surface area contributed by atoms with Crippen LogP contribution in [0.5, 0.6) is 0 Å². The van der Waals surface area contributed by atoms with E-state index in [1.807, 2.05) is 19.1 Å². The molecular weight excluding hydrogens is 293 g/mol. The molecule has 0 unspecified atom stereocenters. The van der Waals surface area contributed by atoms with E-state index in [0.29, 0.717) is 29.7 Å². The van der Waals surface area contributed by atoms with Gasteiger partial charge in [-0.05, 0) is 36.8 Å². The quantitative estimate of drug-likeness (QED) is 0.753. The normalized spacial score (nSPS) is 10.3. The molecule has 0 aliphatic carbocycles. The minimum absolute atomic E-state index is 0.296. The summed E-state index contributed by atoms with van der Waals surface area (Å²) in [6.07, 6.45) is 3.53. The molecule has 3 aromatic rings. The monoisotopic (exact) mass is 309 g/mol. The summed E-state index contributed by atoms with van der Waals surface area (Å²) in [4.78, 5) is 12.7. The number of hydrogen-bond donors (Lipinski definition) is 2. The molecule has 0 aliphatic rings. The highest BCUT2D eigenvalue weighted by Gasteiger charge is 2.03. The molecule has 5 nitrogen and oxygen atoms in total. The van der Waals surface area contributed by atoms with Crippen molar-refractivity contribution in [1.29, 1.82) is 0 Å². The lowest BCUT2D eigenvalue weighted by atomic mass is 10.3. The van der Waals surface area contributed by atoms with Gasteiger partial charge < -0.3 is 10.6 Å². The molecule has 0 spiro atoms. The zero-order valence-corrected chi connectivity index (χ0v) is 12.6. The highest BCUT2D eigenvalue weighted by molar-refractivity contribution is 5.59. The Morgan fingerprint density at radius 2 is 1.91 bits per heavy atom. The number of anilines is 3. The van der Waals surface area contributed by atoms with Crippen molar-refractivity contribution in [1.82, 2.24) is 15.0 Å². The average molecular weight is 309 g/mol. The van der Waals surface area contributed by atoms with Crippen LogP contribution in [0, 0.1) is 12.7 Å². The fourth-order valence-electron chi connectivity index (χ4n) is 2.13. The Balaban J connectivity index is 1.73. The minimum Gasteiger partial charge on any atom is -0.366 e. The maximum atomic E-state index is 13.2. The van der Waals surface area contributed by atoms with E-state index in [1.54, 1.807) is 30.6 Å². The number of nitrogens with zero attached hydrogens (tertiary/aromatic N) is 3. The summed E-state index contributed by atoms with van der Waals surface area (Å²) in [6, 6.07) is 11.9. The second-order valence-corrected chi connectivity index (χ2v) is 5.04. The molecule has 0 fully saturated rings. The standard InChI is InChI=1S/C17H16FN5/c1-12-21-16(20-11-13-4-3-7-19-10-13)9-17(22-12)23-15-6-2-5-14(18)8-15/h2-10H,11H2,1H3,(H2,20,21,22,23). The van der Waals surface area contributed by atoms with E-state index in [0.717, 1.165) is 5.56 Å². The fourth-order valence-corrected chi connectivity index (χ4v) is 2.13. The number of nitrogens with one attached hydrogen (secondary N) is 2. The van der Waals surface area contributed by atoms with Crippen LogP contribution in [-0.2, 0) is 6.54 Å². The number of aromatic nitrogens is 3. The first kappa shape index (κ1) is 14.9. The van der Waals surface area contributed by atoms with E-state index in [9.17, 15) is 4.39 Å². The van der Waals surface area contributed by atoms with Gasteiger partial charge in [-0.2, -0.15) is 0 Å². The van der Waals surface area contributed by atoms with Gasteiger partial charge in [0.25, 0.3) is 0 Å². The second-order valence-electron chi connectivity index (χ2n) is 5.04. The Labute approximate surface area is 133 Å². The third kappa shape index (κ3) is 4.23. The van der Waals surface area contributed by atoms with Gasteiger partial charge in [-0.15, -0.1) is 0 Å². The highest BCUT2D eigenvalue weighted by atomic mass is 19.1. The zero-order valence-electron chi connectivity index (χ0n) is 12.6. The predicted octanol–water partition coefficient (Wildman–Crippen LogP) is 3.67. The molecule has 2 aromatic heterocycles. The molecule has 0 atom stereocenters. The van der Waals surface area contributed by atoms with Crippen molar-refractivity contribution < 1.29 is 4.39 Å². The number of aryl methyl sites for hydroxylation is 1. The molecule has 116 valence electrons. The van der Waals surface area contributed by atoms with Crippen molar-refractivity contribution in [2.75, 3.05) is 10.6 Å². The molecule has 0 saturated carbocycles. The van der Waals surface area contributed by atoms with Crippen LogP contribution in [0.2, 0.25) is 0 Å². The van der Waals surface area contributed by atoms with Crippen LogP contribution >= 0.6 is 0 Å². The van der Waals surface area contributed by atoms with Gasteiger partial charge in [-0.25, -0.2) is 14.4 Å². The van der Waals surface area contributed by atoms with Crippen LogP contribution in [0.15, 0.2) is 54.9 Å². The Morgan fingerprint density at radius 1 is 1.04 bits per heavy atom. The van der Waals surface area contributed by atoms with Gasteiger partial charge >= 0.3 is 0 Å². The zero-order chi connectivity index (χ0) is 16.1. The second kappa shape index (κ2) is 6.83. The van der Waals surface area contributed by atoms with E-state index >= 15 is 0 Å². The van der Waals surface area contributed by atoms with Crippen molar-refractivity contribution in [3.8, 4) is 0 Å². The van der Waals surface area contributed by atoms with Gasteiger partial charge in [-0.1, -0.05) is 12.1 Å². The van der Waals surface area contributed by atoms with Crippen molar-refractivity contribution in [2.24, 2.45) is 0 Å². The Bertz CT molecular complexity index is 792. The summed E-state index contributed by atoms with van der Waals surface area (Å²) in [5.74, 6) is 1.63. The number of pyridine rings is 1. The Kier molecular flexibility index (Phi) is 4.42. The molecule has 0 amide bonds. The first-order chi connectivity index (χ1) is 11.2. The summed E-state index contributed by atoms with van der Waals surface area (Å²) in [7, 11) is 0. The first-order valence-electron chi connectivity index (χ1n) is 7.20. The van der Waals surface area contributed by atoms with Crippen molar-refractivity contribution >= 4 is 17.3 Å². The van der Waals surface area contributed by atoms with Crippen molar-refractivity contribution in [3.63, 3.8) is 0 Å². The maximum Gasteiger partial charge on any atom is 0.136 e. The van der Waals surface area contributed by atoms with Crippen LogP contribution in [0.4, 0.5) is 21.7 Å². The number of rotatable bonds is 5. The van der Waals surface area contributed by atoms with Gasteiger partial charge in [0.1, 0.15) is 23.3 Å². The summed E-state index contributed by atoms with van der Waals surface area (Å²) >= 11 is 0. The van der Waals surface area contributed by atoms with Crippen LogP contribution in [-0.4, -0.2) is 15.0 Å². The summed E-state index contributed by atoms with van der Waals surface area (Å²) in [5.41, 5.74) is 1.70. The smallest absolute Gasteiger partial charge is 0.136 e. The average Bonchev–Trinajstić information content (AvgIpc) is 2.53. The van der Waals surface area contributed by atoms with Gasteiger partial charge in [0, 0.05) is 30.7 Å². The van der Waals surface area contributed by atoms with Crippen LogP contribution in [0.3, 0.4) is 0 Å². The van der Waals surface area contributed by atoms with Gasteiger partial charge in [0.2, 0.25) is 0 Å².